The van der Waals surface area contributed by atoms with Gasteiger partial charge in [-0.05, 0) is 36.5 Å². The van der Waals surface area contributed by atoms with Crippen molar-refractivity contribution in [2.75, 3.05) is 13.1 Å². The summed E-state index contributed by atoms with van der Waals surface area (Å²) in [7, 11) is 0. The highest BCUT2D eigenvalue weighted by molar-refractivity contribution is 5.99. The first-order chi connectivity index (χ1) is 11.5. The lowest BCUT2D eigenvalue weighted by molar-refractivity contribution is -0.138. The lowest BCUT2D eigenvalue weighted by Gasteiger charge is -2.33. The molecule has 1 unspecified atom stereocenters. The van der Waals surface area contributed by atoms with Gasteiger partial charge in [-0.1, -0.05) is 18.7 Å². The molecule has 2 aliphatic heterocycles. The fourth-order valence-electron chi connectivity index (χ4n) is 3.27. The molecule has 2 heterocycles. The van der Waals surface area contributed by atoms with Crippen LogP contribution in [-0.2, 0) is 9.59 Å². The molecule has 2 amide bonds. The average molecular weight is 329 g/mol. The van der Waals surface area contributed by atoms with E-state index in [2.05, 4.69) is 28.9 Å². The monoisotopic (exact) mass is 329 g/mol. The predicted octanol–water partition coefficient (Wildman–Crippen LogP) is 1.48. The van der Waals surface area contributed by atoms with Gasteiger partial charge in [-0.15, -0.1) is 0 Å². The van der Waals surface area contributed by atoms with E-state index in [1.54, 1.807) is 0 Å². The van der Waals surface area contributed by atoms with Crippen LogP contribution in [0.5, 0.6) is 5.75 Å². The number of hydrogen-bond acceptors (Lipinski definition) is 5. The molecule has 1 aromatic rings. The van der Waals surface area contributed by atoms with Gasteiger partial charge in [-0.25, -0.2) is 0 Å². The number of carbonyl (C=O) groups excluding carboxylic acids is 2. The Kier molecular flexibility index (Phi) is 4.74. The van der Waals surface area contributed by atoms with Gasteiger partial charge in [-0.2, -0.15) is 0 Å². The van der Waals surface area contributed by atoms with Crippen LogP contribution in [0.15, 0.2) is 36.7 Å². The summed E-state index contributed by atoms with van der Waals surface area (Å²) in [6.45, 7) is 5.64. The predicted molar refractivity (Wildman–Crippen MR) is 90.1 cm³/mol. The summed E-state index contributed by atoms with van der Waals surface area (Å²) in [5.74, 6) is 1.21. The molecule has 0 saturated carbocycles. The zero-order chi connectivity index (χ0) is 17.1. The number of benzene rings is 1. The van der Waals surface area contributed by atoms with Crippen LogP contribution in [0.1, 0.15) is 37.2 Å². The molecule has 2 fully saturated rings. The number of nitrogens with one attached hydrogen (secondary N) is 1. The van der Waals surface area contributed by atoms with Crippen LogP contribution in [0.25, 0.3) is 0 Å². The molecule has 1 aromatic carbocycles. The molecular weight excluding hydrogens is 306 g/mol. The van der Waals surface area contributed by atoms with Crippen LogP contribution >= 0.6 is 0 Å². The van der Waals surface area contributed by atoms with Crippen LogP contribution in [0.2, 0.25) is 0 Å². The normalized spacial score (nSPS) is 22.2. The Bertz CT molecular complexity index is 633. The number of ether oxygens (including phenoxy) is 1. The Morgan fingerprint density at radius 1 is 1.17 bits per heavy atom. The van der Waals surface area contributed by atoms with Crippen molar-refractivity contribution in [1.29, 1.82) is 0 Å². The van der Waals surface area contributed by atoms with Crippen molar-refractivity contribution < 1.29 is 14.3 Å². The first-order valence-corrected chi connectivity index (χ1v) is 8.32. The maximum absolute atomic E-state index is 11.7. The standard InChI is InChI=1S/C18H23N3O3/c1-12(19)21-10-8-14(9-11-21)13-2-4-15(5-3-13)24-16-6-7-17(22)20-18(16)23/h2-5,14,16H,1,6-11,19H2,(H,20,22,23). The molecule has 3 rings (SSSR count). The van der Waals surface area contributed by atoms with Gasteiger partial charge in [0.25, 0.3) is 5.91 Å². The molecule has 0 aromatic heterocycles. The molecule has 6 nitrogen and oxygen atoms in total. The molecule has 2 saturated heterocycles. The van der Waals surface area contributed by atoms with Crippen molar-refractivity contribution in [2.24, 2.45) is 5.73 Å². The summed E-state index contributed by atoms with van der Waals surface area (Å²) in [5, 5.41) is 2.30. The molecule has 2 aliphatic rings. The summed E-state index contributed by atoms with van der Waals surface area (Å²) >= 11 is 0. The fourth-order valence-corrected chi connectivity index (χ4v) is 3.27. The lowest BCUT2D eigenvalue weighted by Crippen LogP contribution is -2.46. The maximum atomic E-state index is 11.7. The first-order valence-electron chi connectivity index (χ1n) is 8.32. The minimum absolute atomic E-state index is 0.235. The molecule has 0 radical (unpaired) electrons. The third-order valence-corrected chi connectivity index (χ3v) is 4.72. The Labute approximate surface area is 141 Å². The van der Waals surface area contributed by atoms with Crippen molar-refractivity contribution in [3.05, 3.63) is 42.2 Å². The molecule has 6 heteroatoms. The molecule has 1 atom stereocenters. The Balaban J connectivity index is 1.57. The highest BCUT2D eigenvalue weighted by Gasteiger charge is 2.28. The second-order valence-electron chi connectivity index (χ2n) is 6.38. The zero-order valence-electron chi connectivity index (χ0n) is 13.7. The number of hydrogen-bond donors (Lipinski definition) is 2. The van der Waals surface area contributed by atoms with Gasteiger partial charge >= 0.3 is 0 Å². The van der Waals surface area contributed by atoms with E-state index in [4.69, 9.17) is 10.5 Å². The SMILES string of the molecule is C=C(N)N1CCC(c2ccc(OC3CCC(=O)NC3=O)cc2)CC1. The van der Waals surface area contributed by atoms with E-state index in [0.29, 0.717) is 30.3 Å². The molecule has 0 aliphatic carbocycles. The molecular formula is C18H23N3O3. The quantitative estimate of drug-likeness (QED) is 0.818. The van der Waals surface area contributed by atoms with Gasteiger partial charge in [0.1, 0.15) is 5.75 Å². The van der Waals surface area contributed by atoms with Gasteiger partial charge in [0.15, 0.2) is 6.10 Å². The molecule has 3 N–H and O–H groups in total. The van der Waals surface area contributed by atoms with E-state index >= 15 is 0 Å². The van der Waals surface area contributed by atoms with E-state index in [-0.39, 0.29) is 11.8 Å². The molecule has 0 spiro atoms. The average Bonchev–Trinajstić information content (AvgIpc) is 2.58. The second-order valence-corrected chi connectivity index (χ2v) is 6.38. The smallest absolute Gasteiger partial charge is 0.267 e. The number of nitrogens with two attached hydrogens (primary N) is 1. The van der Waals surface area contributed by atoms with Gasteiger partial charge in [-0.3, -0.25) is 14.9 Å². The summed E-state index contributed by atoms with van der Waals surface area (Å²) < 4.78 is 5.71. The van der Waals surface area contributed by atoms with E-state index in [1.165, 1.54) is 5.56 Å². The number of imide groups is 1. The third kappa shape index (κ3) is 3.69. The summed E-state index contributed by atoms with van der Waals surface area (Å²) in [6.07, 6.45) is 2.24. The van der Waals surface area contributed by atoms with Crippen LogP contribution in [0.3, 0.4) is 0 Å². The highest BCUT2D eigenvalue weighted by atomic mass is 16.5. The Morgan fingerprint density at radius 2 is 1.83 bits per heavy atom. The minimum atomic E-state index is -0.590. The van der Waals surface area contributed by atoms with E-state index < -0.39 is 6.10 Å². The maximum Gasteiger partial charge on any atom is 0.267 e. The van der Waals surface area contributed by atoms with Crippen molar-refractivity contribution in [1.82, 2.24) is 10.2 Å². The van der Waals surface area contributed by atoms with Crippen LogP contribution in [0.4, 0.5) is 0 Å². The number of carbonyl (C=O) groups is 2. The molecule has 24 heavy (non-hydrogen) atoms. The van der Waals surface area contributed by atoms with E-state index in [1.807, 2.05) is 12.1 Å². The van der Waals surface area contributed by atoms with Gasteiger partial charge in [0.2, 0.25) is 5.91 Å². The Morgan fingerprint density at radius 3 is 2.42 bits per heavy atom. The van der Waals surface area contributed by atoms with Crippen LogP contribution in [0, 0.1) is 0 Å². The van der Waals surface area contributed by atoms with E-state index in [0.717, 1.165) is 25.9 Å². The van der Waals surface area contributed by atoms with Gasteiger partial charge in [0, 0.05) is 25.9 Å². The molecule has 128 valence electrons. The van der Waals surface area contributed by atoms with Crippen molar-refractivity contribution in [2.45, 2.75) is 37.7 Å². The molecule has 0 bridgehead atoms. The summed E-state index contributed by atoms with van der Waals surface area (Å²) in [5.41, 5.74) is 7.01. The van der Waals surface area contributed by atoms with Crippen LogP contribution in [-0.4, -0.2) is 35.9 Å². The van der Waals surface area contributed by atoms with Crippen molar-refractivity contribution >= 4 is 11.8 Å². The third-order valence-electron chi connectivity index (χ3n) is 4.72. The second kappa shape index (κ2) is 6.95. The summed E-state index contributed by atoms with van der Waals surface area (Å²) in [4.78, 5) is 25.0. The minimum Gasteiger partial charge on any atom is -0.481 e. The number of rotatable bonds is 4. The van der Waals surface area contributed by atoms with Gasteiger partial charge < -0.3 is 15.4 Å². The first kappa shape index (κ1) is 16.4. The number of piperidine rings is 2. The van der Waals surface area contributed by atoms with E-state index in [9.17, 15) is 9.59 Å². The van der Waals surface area contributed by atoms with Crippen molar-refractivity contribution in [3.8, 4) is 5.75 Å². The number of amides is 2. The topological polar surface area (TPSA) is 84.7 Å². The highest BCUT2D eigenvalue weighted by Crippen LogP contribution is 2.30. The van der Waals surface area contributed by atoms with Crippen LogP contribution < -0.4 is 15.8 Å². The fraction of sp³-hybridized carbons (Fsp3) is 0.444. The Hall–Kier alpha value is -2.50. The van der Waals surface area contributed by atoms with Gasteiger partial charge in [0.05, 0.1) is 5.82 Å². The number of nitrogens with zero attached hydrogens (tertiary/aromatic N) is 1. The van der Waals surface area contributed by atoms with Crippen molar-refractivity contribution in [3.63, 3.8) is 0 Å². The number of likely N-dealkylation sites (tertiary alicyclic amines) is 1. The zero-order valence-corrected chi connectivity index (χ0v) is 13.7. The largest absolute Gasteiger partial charge is 0.481 e. The lowest BCUT2D eigenvalue weighted by atomic mass is 9.89. The summed E-state index contributed by atoms with van der Waals surface area (Å²) in [6, 6.07) is 7.90.